The number of carbonyl (C=O) groups excluding carboxylic acids is 2. The van der Waals surface area contributed by atoms with E-state index in [1.165, 1.54) is 0 Å². The van der Waals surface area contributed by atoms with Crippen LogP contribution in [0.15, 0.2) is 52.3 Å². The highest BCUT2D eigenvalue weighted by atomic mass is 32.1. The van der Waals surface area contributed by atoms with E-state index in [1.807, 2.05) is 55.6 Å². The maximum Gasteiger partial charge on any atom is 0.313 e. The minimum atomic E-state index is -0.697. The summed E-state index contributed by atoms with van der Waals surface area (Å²) in [5, 5.41) is 7.21. The van der Waals surface area contributed by atoms with E-state index in [1.54, 1.807) is 17.4 Å². The molecule has 2 amide bonds. The number of furan rings is 1. The van der Waals surface area contributed by atoms with Gasteiger partial charge in [0.25, 0.3) is 0 Å². The predicted molar refractivity (Wildman–Crippen MR) is 98.4 cm³/mol. The molecule has 0 aliphatic carbocycles. The van der Waals surface area contributed by atoms with Crippen LogP contribution in [0, 0.1) is 13.8 Å². The first-order valence-electron chi connectivity index (χ1n) is 7.82. The second kappa shape index (κ2) is 7.36. The molecule has 0 aliphatic heterocycles. The third-order valence-corrected chi connectivity index (χ3v) is 4.66. The van der Waals surface area contributed by atoms with E-state index in [0.717, 1.165) is 21.8 Å². The summed E-state index contributed by atoms with van der Waals surface area (Å²) in [6, 6.07) is 13.2. The lowest BCUT2D eigenvalue weighted by atomic mass is 10.1. The fraction of sp³-hybridized carbons (Fsp3) is 0.158. The van der Waals surface area contributed by atoms with Crippen molar-refractivity contribution in [1.82, 2.24) is 5.32 Å². The van der Waals surface area contributed by atoms with Crippen LogP contribution in [0.2, 0.25) is 0 Å². The third-order valence-electron chi connectivity index (χ3n) is 3.77. The Morgan fingerprint density at radius 1 is 1.00 bits per heavy atom. The minimum absolute atomic E-state index is 0.157. The molecule has 0 spiro atoms. The molecule has 0 saturated heterocycles. The Balaban J connectivity index is 1.58. The molecular formula is C19H18N2O3S. The van der Waals surface area contributed by atoms with Crippen LogP contribution < -0.4 is 10.6 Å². The summed E-state index contributed by atoms with van der Waals surface area (Å²) in [6.07, 6.45) is 0. The van der Waals surface area contributed by atoms with E-state index in [0.29, 0.717) is 11.4 Å². The van der Waals surface area contributed by atoms with E-state index in [2.05, 4.69) is 10.6 Å². The summed E-state index contributed by atoms with van der Waals surface area (Å²) in [5.74, 6) is -0.0463. The highest BCUT2D eigenvalue weighted by Gasteiger charge is 2.16. The number of para-hydroxylation sites is 1. The van der Waals surface area contributed by atoms with Gasteiger partial charge in [0.05, 0.1) is 11.4 Å². The molecule has 3 rings (SSSR count). The van der Waals surface area contributed by atoms with E-state index >= 15 is 0 Å². The second-order valence-corrected chi connectivity index (χ2v) is 6.59. The fourth-order valence-electron chi connectivity index (χ4n) is 2.45. The molecule has 0 unspecified atom stereocenters. The highest BCUT2D eigenvalue weighted by molar-refractivity contribution is 7.13. The summed E-state index contributed by atoms with van der Waals surface area (Å²) in [7, 11) is 0. The van der Waals surface area contributed by atoms with Gasteiger partial charge in [-0.1, -0.05) is 24.3 Å². The van der Waals surface area contributed by atoms with Crippen LogP contribution in [0.4, 0.5) is 5.69 Å². The van der Waals surface area contributed by atoms with Gasteiger partial charge in [-0.05, 0) is 48.6 Å². The van der Waals surface area contributed by atoms with Gasteiger partial charge in [-0.25, -0.2) is 0 Å². The van der Waals surface area contributed by atoms with Gasteiger partial charge in [-0.3, -0.25) is 9.59 Å². The van der Waals surface area contributed by atoms with E-state index in [9.17, 15) is 9.59 Å². The van der Waals surface area contributed by atoms with Gasteiger partial charge >= 0.3 is 11.8 Å². The number of benzene rings is 1. The average molecular weight is 354 g/mol. The first-order valence-corrected chi connectivity index (χ1v) is 8.70. The molecule has 0 radical (unpaired) electrons. The topological polar surface area (TPSA) is 71.3 Å². The first-order chi connectivity index (χ1) is 12.0. The molecule has 2 N–H and O–H groups in total. The van der Waals surface area contributed by atoms with Gasteiger partial charge in [0, 0.05) is 5.69 Å². The van der Waals surface area contributed by atoms with Crippen LogP contribution in [-0.4, -0.2) is 11.8 Å². The molecule has 2 aromatic heterocycles. The van der Waals surface area contributed by atoms with E-state index in [-0.39, 0.29) is 6.54 Å². The number of anilines is 1. The van der Waals surface area contributed by atoms with Crippen molar-refractivity contribution < 1.29 is 14.0 Å². The average Bonchev–Trinajstić information content (AvgIpc) is 3.26. The Labute approximate surface area is 149 Å². The van der Waals surface area contributed by atoms with Crippen LogP contribution in [-0.2, 0) is 16.1 Å². The Hall–Kier alpha value is -2.86. The van der Waals surface area contributed by atoms with Gasteiger partial charge in [0.2, 0.25) is 0 Å². The summed E-state index contributed by atoms with van der Waals surface area (Å²) in [4.78, 5) is 25.1. The molecule has 128 valence electrons. The van der Waals surface area contributed by atoms with Gasteiger partial charge in [-0.15, -0.1) is 11.3 Å². The molecule has 0 bridgehead atoms. The zero-order valence-corrected chi connectivity index (χ0v) is 14.8. The normalized spacial score (nSPS) is 10.5. The van der Waals surface area contributed by atoms with Gasteiger partial charge in [-0.2, -0.15) is 0 Å². The van der Waals surface area contributed by atoms with Crippen molar-refractivity contribution in [2.24, 2.45) is 0 Å². The lowest BCUT2D eigenvalue weighted by Crippen LogP contribution is -2.35. The number of thiophene rings is 1. The Morgan fingerprint density at radius 3 is 2.44 bits per heavy atom. The van der Waals surface area contributed by atoms with Crippen molar-refractivity contribution in [2.45, 2.75) is 20.4 Å². The molecule has 0 atom stereocenters. The molecule has 0 fully saturated rings. The van der Waals surface area contributed by atoms with Crippen molar-refractivity contribution in [2.75, 3.05) is 5.32 Å². The lowest BCUT2D eigenvalue weighted by molar-refractivity contribution is -0.136. The van der Waals surface area contributed by atoms with Crippen molar-refractivity contribution in [3.05, 3.63) is 64.7 Å². The highest BCUT2D eigenvalue weighted by Crippen LogP contribution is 2.26. The van der Waals surface area contributed by atoms with Crippen molar-refractivity contribution >= 4 is 28.8 Å². The predicted octanol–water partition coefficient (Wildman–Crippen LogP) is 3.88. The van der Waals surface area contributed by atoms with Crippen molar-refractivity contribution in [3.63, 3.8) is 0 Å². The Kier molecular flexibility index (Phi) is 5.00. The molecule has 3 aromatic rings. The monoisotopic (exact) mass is 354 g/mol. The third kappa shape index (κ3) is 3.97. The molecule has 1 aromatic carbocycles. The molecule has 2 heterocycles. The zero-order valence-electron chi connectivity index (χ0n) is 14.0. The number of hydrogen-bond donors (Lipinski definition) is 2. The Bertz CT molecular complexity index is 877. The van der Waals surface area contributed by atoms with Crippen LogP contribution in [0.1, 0.15) is 16.9 Å². The van der Waals surface area contributed by atoms with Crippen LogP contribution in [0.3, 0.4) is 0 Å². The SMILES string of the molecule is Cc1cccc(C)c1NC(=O)C(=O)NCc1ccc(-c2cccs2)o1. The number of nitrogens with one attached hydrogen (secondary N) is 2. The maximum absolute atomic E-state index is 12.1. The van der Waals surface area contributed by atoms with Crippen molar-refractivity contribution in [3.8, 4) is 10.6 Å². The molecular weight excluding hydrogens is 336 g/mol. The second-order valence-electron chi connectivity index (χ2n) is 5.65. The number of rotatable bonds is 4. The Morgan fingerprint density at radius 2 is 1.76 bits per heavy atom. The molecule has 0 aliphatic rings. The minimum Gasteiger partial charge on any atom is -0.458 e. The summed E-state index contributed by atoms with van der Waals surface area (Å²) < 4.78 is 5.68. The van der Waals surface area contributed by atoms with Gasteiger partial charge < -0.3 is 15.1 Å². The van der Waals surface area contributed by atoms with Gasteiger partial charge in [0.1, 0.15) is 11.5 Å². The maximum atomic E-state index is 12.1. The van der Waals surface area contributed by atoms with Crippen LogP contribution in [0.25, 0.3) is 10.6 Å². The molecule has 25 heavy (non-hydrogen) atoms. The number of amides is 2. The van der Waals surface area contributed by atoms with Crippen LogP contribution >= 0.6 is 11.3 Å². The summed E-state index contributed by atoms with van der Waals surface area (Å²) in [6.45, 7) is 3.93. The van der Waals surface area contributed by atoms with E-state index < -0.39 is 11.8 Å². The molecule has 0 saturated carbocycles. The number of aryl methyl sites for hydroxylation is 2. The lowest BCUT2D eigenvalue weighted by Gasteiger charge is -2.11. The summed E-state index contributed by atoms with van der Waals surface area (Å²) >= 11 is 1.58. The zero-order chi connectivity index (χ0) is 17.8. The molecule has 6 heteroatoms. The standard InChI is InChI=1S/C19H18N2O3S/c1-12-5-3-6-13(2)17(12)21-19(23)18(22)20-11-14-8-9-15(24-14)16-7-4-10-25-16/h3-10H,11H2,1-2H3,(H,20,22)(H,21,23). The smallest absolute Gasteiger partial charge is 0.313 e. The first kappa shape index (κ1) is 17.0. The van der Waals surface area contributed by atoms with Gasteiger partial charge in [0.15, 0.2) is 0 Å². The number of hydrogen-bond acceptors (Lipinski definition) is 4. The summed E-state index contributed by atoms with van der Waals surface area (Å²) in [5.41, 5.74) is 2.49. The largest absolute Gasteiger partial charge is 0.458 e. The van der Waals surface area contributed by atoms with Crippen molar-refractivity contribution in [1.29, 1.82) is 0 Å². The quantitative estimate of drug-likeness (QED) is 0.699. The number of carbonyl (C=O) groups is 2. The van der Waals surface area contributed by atoms with E-state index in [4.69, 9.17) is 4.42 Å². The fourth-order valence-corrected chi connectivity index (χ4v) is 3.14. The van der Waals surface area contributed by atoms with Crippen LogP contribution in [0.5, 0.6) is 0 Å². The molecule has 5 nitrogen and oxygen atoms in total.